The van der Waals surface area contributed by atoms with E-state index in [1.807, 2.05) is 0 Å². The van der Waals surface area contributed by atoms with Gasteiger partial charge in [-0.3, -0.25) is 18.6 Å². The van der Waals surface area contributed by atoms with Crippen LogP contribution in [-0.4, -0.2) is 49.3 Å². The summed E-state index contributed by atoms with van der Waals surface area (Å²) >= 11 is 0. The highest BCUT2D eigenvalue weighted by Crippen LogP contribution is 2.43. The number of esters is 2. The van der Waals surface area contributed by atoms with E-state index in [0.717, 1.165) is 32.1 Å². The first-order valence-corrected chi connectivity index (χ1v) is 17.1. The smallest absolute Gasteiger partial charge is 0.462 e. The van der Waals surface area contributed by atoms with Crippen LogP contribution in [-0.2, 0) is 32.7 Å². The average molecular weight is 581 g/mol. The predicted molar refractivity (Wildman–Crippen MR) is 154 cm³/mol. The van der Waals surface area contributed by atoms with E-state index in [1.165, 1.54) is 77.0 Å². The molecule has 0 aliphatic carbocycles. The van der Waals surface area contributed by atoms with Gasteiger partial charge in [-0.25, -0.2) is 4.57 Å². The van der Waals surface area contributed by atoms with E-state index in [1.54, 1.807) is 0 Å². The minimum absolute atomic E-state index is 0.0372. The van der Waals surface area contributed by atoms with Crippen molar-refractivity contribution in [3.63, 3.8) is 0 Å². The molecule has 9 nitrogen and oxygen atoms in total. The summed E-state index contributed by atoms with van der Waals surface area (Å²) in [7, 11) is -4.31. The van der Waals surface area contributed by atoms with Gasteiger partial charge >= 0.3 is 19.8 Å². The Bertz CT molecular complexity index is 634. The first-order chi connectivity index (χ1) is 18.8. The number of carbonyl (C=O) groups is 2. The molecule has 0 aliphatic rings. The van der Waals surface area contributed by atoms with Gasteiger partial charge in [-0.15, -0.1) is 0 Å². The van der Waals surface area contributed by atoms with Crippen LogP contribution in [0.2, 0.25) is 0 Å². The summed E-state index contributed by atoms with van der Waals surface area (Å²) in [6.07, 6.45) is 20.2. The molecule has 0 amide bonds. The van der Waals surface area contributed by atoms with Crippen molar-refractivity contribution in [1.29, 1.82) is 0 Å². The van der Waals surface area contributed by atoms with Crippen molar-refractivity contribution in [3.05, 3.63) is 0 Å². The van der Waals surface area contributed by atoms with Crippen LogP contribution in [0.25, 0.3) is 0 Å². The van der Waals surface area contributed by atoms with E-state index in [2.05, 4.69) is 19.6 Å². The van der Waals surface area contributed by atoms with E-state index in [0.29, 0.717) is 19.4 Å². The molecule has 0 heterocycles. The van der Waals surface area contributed by atoms with Crippen LogP contribution < -0.4 is 5.73 Å². The van der Waals surface area contributed by atoms with Crippen LogP contribution in [0.1, 0.15) is 142 Å². The quantitative estimate of drug-likeness (QED) is 0.0569. The monoisotopic (exact) mass is 580 g/mol. The molecule has 1 unspecified atom stereocenters. The molecular formula is C29H59NO8P+. The van der Waals surface area contributed by atoms with E-state index < -0.39 is 26.5 Å². The van der Waals surface area contributed by atoms with Crippen molar-refractivity contribution in [2.24, 2.45) is 0 Å². The fraction of sp³-hybridized carbons (Fsp3) is 0.931. The fourth-order valence-electron chi connectivity index (χ4n) is 4.17. The Morgan fingerprint density at radius 3 is 1.56 bits per heavy atom. The van der Waals surface area contributed by atoms with Gasteiger partial charge in [0.1, 0.15) is 13.2 Å². The number of ether oxygens (including phenoxy) is 2. The average Bonchev–Trinajstić information content (AvgIpc) is 2.91. The van der Waals surface area contributed by atoms with Crippen LogP contribution in [0.3, 0.4) is 0 Å². The Morgan fingerprint density at radius 2 is 1.10 bits per heavy atom. The standard InChI is InChI=1S/C29H58NO8P/c1-3-5-7-9-11-12-13-14-16-18-20-22-29(32)38-27(26-37-39(33,34)36-24-23-30)25-35-28(31)21-19-17-15-10-8-6-4-2/h27H,3-26,30H2,1-2H3,(H,33,34)/p+1/t27-/m1/s1. The van der Waals surface area contributed by atoms with Gasteiger partial charge in [0.15, 0.2) is 6.10 Å². The number of carbonyl (C=O) groups excluding carboxylic acids is 2. The van der Waals surface area contributed by atoms with Crippen LogP contribution in [0, 0.1) is 0 Å². The zero-order valence-electron chi connectivity index (χ0n) is 25.0. The highest BCUT2D eigenvalue weighted by molar-refractivity contribution is 7.47. The van der Waals surface area contributed by atoms with Gasteiger partial charge in [0.25, 0.3) is 0 Å². The highest BCUT2D eigenvalue weighted by atomic mass is 31.2. The first kappa shape index (κ1) is 38.0. The lowest BCUT2D eigenvalue weighted by atomic mass is 10.1. The normalized spacial score (nSPS) is 13.6. The van der Waals surface area contributed by atoms with Crippen molar-refractivity contribution >= 4 is 19.8 Å². The number of unbranched alkanes of at least 4 members (excludes halogenated alkanes) is 16. The maximum Gasteiger partial charge on any atom is 0.472 e. The van der Waals surface area contributed by atoms with Crippen LogP contribution in [0.4, 0.5) is 0 Å². The van der Waals surface area contributed by atoms with Gasteiger partial charge < -0.3 is 20.1 Å². The zero-order valence-corrected chi connectivity index (χ0v) is 25.9. The molecule has 4 N–H and O–H groups in total. The van der Waals surface area contributed by atoms with Gasteiger partial charge in [0, 0.05) is 12.8 Å². The molecule has 0 fully saturated rings. The minimum Gasteiger partial charge on any atom is -0.462 e. The molecule has 39 heavy (non-hydrogen) atoms. The molecule has 0 aromatic rings. The summed E-state index contributed by atoms with van der Waals surface area (Å²) in [4.78, 5) is 34.3. The van der Waals surface area contributed by atoms with E-state index in [-0.39, 0.29) is 25.6 Å². The number of hydrogen-bond acceptors (Lipinski definition) is 7. The Balaban J connectivity index is 4.31. The second-order valence-corrected chi connectivity index (χ2v) is 11.9. The Labute approximate surface area is 237 Å². The lowest BCUT2D eigenvalue weighted by molar-refractivity contribution is -0.371. The zero-order chi connectivity index (χ0) is 29.0. The molecule has 0 aliphatic heterocycles. The Kier molecular flexibility index (Phi) is 26.5. The fourth-order valence-corrected chi connectivity index (χ4v) is 4.96. The summed E-state index contributed by atoms with van der Waals surface area (Å²) in [6, 6.07) is 0. The highest BCUT2D eigenvalue weighted by Gasteiger charge is 2.26. The summed E-state index contributed by atoms with van der Waals surface area (Å²) in [6.45, 7) is 4.05. The maximum atomic E-state index is 12.4. The predicted octanol–water partition coefficient (Wildman–Crippen LogP) is 6.66. The Hall–Kier alpha value is -0.990. The molecule has 232 valence electrons. The van der Waals surface area contributed by atoms with Gasteiger partial charge in [-0.2, -0.15) is 0 Å². The lowest BCUT2D eigenvalue weighted by Crippen LogP contribution is -2.52. The molecule has 0 spiro atoms. The maximum absolute atomic E-state index is 12.4. The lowest BCUT2D eigenvalue weighted by Gasteiger charge is -2.19. The van der Waals surface area contributed by atoms with Gasteiger partial charge in [0.2, 0.25) is 0 Å². The summed E-state index contributed by atoms with van der Waals surface area (Å²) in [5.74, 6) is -0.815. The van der Waals surface area contributed by atoms with Crippen molar-refractivity contribution in [2.75, 3.05) is 26.4 Å². The topological polar surface area (TPSA) is 136 Å². The molecule has 0 bridgehead atoms. The van der Waals surface area contributed by atoms with Crippen molar-refractivity contribution in [3.8, 4) is 0 Å². The summed E-state index contributed by atoms with van der Waals surface area (Å²) < 4.78 is 32.5. The molecule has 0 radical (unpaired) electrons. The van der Waals surface area contributed by atoms with E-state index in [9.17, 15) is 19.0 Å². The number of hydrogen-bond donors (Lipinski definition) is 2. The van der Waals surface area contributed by atoms with E-state index >= 15 is 0 Å². The number of quaternary nitrogens is 1. The molecule has 10 heteroatoms. The van der Waals surface area contributed by atoms with Crippen molar-refractivity contribution in [1.82, 2.24) is 0 Å². The van der Waals surface area contributed by atoms with Gasteiger partial charge in [-0.05, 0) is 12.8 Å². The first-order valence-electron chi connectivity index (χ1n) is 15.6. The molecule has 0 aromatic heterocycles. The summed E-state index contributed by atoms with van der Waals surface area (Å²) in [5, 5.41) is 0. The van der Waals surface area contributed by atoms with Crippen LogP contribution >= 0.6 is 7.82 Å². The van der Waals surface area contributed by atoms with Crippen LogP contribution in [0.5, 0.6) is 0 Å². The van der Waals surface area contributed by atoms with Gasteiger partial charge in [0.05, 0.1) is 13.2 Å². The largest absolute Gasteiger partial charge is 0.472 e. The summed E-state index contributed by atoms with van der Waals surface area (Å²) in [5.41, 5.74) is 3.55. The minimum atomic E-state index is -4.31. The molecule has 2 atom stereocenters. The second kappa shape index (κ2) is 27.2. The second-order valence-electron chi connectivity index (χ2n) is 10.4. The van der Waals surface area contributed by atoms with Crippen molar-refractivity contribution < 1.29 is 43.3 Å². The SMILES string of the molecule is CCCCCCCCCCCCCC(=O)O[C@H](COC(=O)CCCCCCCCC)COP(=O)(O)OCC[NH3+]. The third-order valence-corrected chi connectivity index (χ3v) is 7.50. The third kappa shape index (κ3) is 27.0. The molecular weight excluding hydrogens is 521 g/mol. The number of rotatable bonds is 29. The van der Waals surface area contributed by atoms with Crippen LogP contribution in [0.15, 0.2) is 0 Å². The third-order valence-electron chi connectivity index (χ3n) is 6.52. The number of phosphoric acid groups is 1. The molecule has 0 aromatic carbocycles. The number of phosphoric ester groups is 1. The molecule has 0 saturated heterocycles. The Morgan fingerprint density at radius 1 is 0.667 bits per heavy atom. The van der Waals surface area contributed by atoms with E-state index in [4.69, 9.17) is 18.5 Å². The molecule has 0 rings (SSSR count). The van der Waals surface area contributed by atoms with Gasteiger partial charge in [-0.1, -0.05) is 117 Å². The van der Waals surface area contributed by atoms with Crippen molar-refractivity contribution in [2.45, 2.75) is 148 Å². The molecule has 0 saturated carbocycles.